The largest absolute Gasteiger partial charge is 0.573 e. The van der Waals surface area contributed by atoms with E-state index in [2.05, 4.69) is 14.4 Å². The Labute approximate surface area is 243 Å². The Kier molecular flexibility index (Phi) is 9.15. The van der Waals surface area contributed by atoms with Crippen LogP contribution in [0.5, 0.6) is 5.75 Å². The molecule has 0 bridgehead atoms. The number of fused-ring (bicyclic) bond motifs is 1. The molecular formula is C29H31F3N4O5S. The number of piperazine rings is 1. The number of pyridine rings is 1. The van der Waals surface area contributed by atoms with Gasteiger partial charge < -0.3 is 19.3 Å². The monoisotopic (exact) mass is 604 g/mol. The summed E-state index contributed by atoms with van der Waals surface area (Å²) >= 11 is 0. The maximum atomic E-state index is 13.3. The predicted molar refractivity (Wildman–Crippen MR) is 150 cm³/mol. The molecule has 0 spiro atoms. The lowest BCUT2D eigenvalue weighted by molar-refractivity contribution is -0.274. The number of amides is 2. The fraction of sp³-hybridized carbons (Fsp3) is 0.414. The molecule has 1 N–H and O–H groups in total. The number of rotatable bonds is 8. The van der Waals surface area contributed by atoms with Crippen molar-refractivity contribution >= 4 is 39.6 Å². The Morgan fingerprint density at radius 3 is 2.45 bits per heavy atom. The van der Waals surface area contributed by atoms with Crippen molar-refractivity contribution in [2.75, 3.05) is 37.5 Å². The van der Waals surface area contributed by atoms with Crippen LogP contribution in [0.3, 0.4) is 0 Å². The Morgan fingerprint density at radius 1 is 1.00 bits per heavy atom. The van der Waals surface area contributed by atoms with Crippen LogP contribution in [0.2, 0.25) is 0 Å². The van der Waals surface area contributed by atoms with E-state index in [1.54, 1.807) is 30.3 Å². The van der Waals surface area contributed by atoms with E-state index in [-0.39, 0.29) is 42.3 Å². The summed E-state index contributed by atoms with van der Waals surface area (Å²) in [5.74, 6) is -0.600. The summed E-state index contributed by atoms with van der Waals surface area (Å²) < 4.78 is 65.2. The van der Waals surface area contributed by atoms with E-state index in [1.807, 2.05) is 0 Å². The first-order valence-electron chi connectivity index (χ1n) is 13.8. The second kappa shape index (κ2) is 13.0. The minimum atomic E-state index is -5.05. The van der Waals surface area contributed by atoms with Gasteiger partial charge >= 0.3 is 12.5 Å². The van der Waals surface area contributed by atoms with Gasteiger partial charge in [0.2, 0.25) is 0 Å². The molecule has 2 aliphatic rings. The van der Waals surface area contributed by atoms with Crippen LogP contribution < -0.4 is 9.46 Å². The highest BCUT2D eigenvalue weighted by molar-refractivity contribution is 7.86. The molecule has 2 aromatic carbocycles. The highest BCUT2D eigenvalue weighted by atomic mass is 32.2. The van der Waals surface area contributed by atoms with Gasteiger partial charge in [0.1, 0.15) is 0 Å². The number of halogens is 3. The van der Waals surface area contributed by atoms with Crippen LogP contribution in [0.25, 0.3) is 10.9 Å². The zero-order chi connectivity index (χ0) is 29.7. The number of benzene rings is 2. The molecule has 1 saturated heterocycles. The van der Waals surface area contributed by atoms with Crippen LogP contribution in [-0.4, -0.2) is 70.1 Å². The van der Waals surface area contributed by atoms with Gasteiger partial charge in [0.15, 0.2) is 16.7 Å². The van der Waals surface area contributed by atoms with Gasteiger partial charge in [-0.25, -0.2) is 9.00 Å². The van der Waals surface area contributed by atoms with Gasteiger partial charge in [-0.1, -0.05) is 43.9 Å². The number of carbonyl (C=O) groups is 2. The number of nitrogens with one attached hydrogen (secondary N) is 1. The third-order valence-corrected chi connectivity index (χ3v) is 8.64. The lowest BCUT2D eigenvalue weighted by atomic mass is 10.1. The molecule has 5 rings (SSSR count). The zero-order valence-corrected chi connectivity index (χ0v) is 23.6. The Hall–Kier alpha value is -3.87. The maximum absolute atomic E-state index is 13.3. The zero-order valence-electron chi connectivity index (χ0n) is 22.8. The van der Waals surface area contributed by atoms with Crippen molar-refractivity contribution in [1.82, 2.24) is 14.8 Å². The predicted octanol–water partition coefficient (Wildman–Crippen LogP) is 5.74. The number of carbonyl (C=O) groups excluding carboxylic acids is 2. The number of ether oxygens (including phenoxy) is 2. The number of para-hydroxylation sites is 1. The molecule has 2 heterocycles. The Morgan fingerprint density at radius 2 is 1.71 bits per heavy atom. The van der Waals surface area contributed by atoms with Gasteiger partial charge in [0.05, 0.1) is 22.7 Å². The number of alkyl halides is 3. The summed E-state index contributed by atoms with van der Waals surface area (Å²) in [5.41, 5.74) is 0.193. The van der Waals surface area contributed by atoms with Crippen molar-refractivity contribution in [3.8, 4) is 5.75 Å². The number of hydrogen-bond donors (Lipinski definition) is 1. The van der Waals surface area contributed by atoms with E-state index in [9.17, 15) is 27.0 Å². The Bertz CT molecular complexity index is 1450. The van der Waals surface area contributed by atoms with Crippen LogP contribution in [0.4, 0.5) is 23.7 Å². The fourth-order valence-electron chi connectivity index (χ4n) is 5.31. The fourth-order valence-corrected chi connectivity index (χ4v) is 6.33. The topological polar surface area (TPSA) is 101 Å². The lowest BCUT2D eigenvalue weighted by Gasteiger charge is -2.34. The molecule has 1 unspecified atom stereocenters. The van der Waals surface area contributed by atoms with Crippen molar-refractivity contribution < 1.29 is 36.4 Å². The summed E-state index contributed by atoms with van der Waals surface area (Å²) in [6.07, 6.45) is 1.69. The lowest BCUT2D eigenvalue weighted by Crippen LogP contribution is -2.50. The van der Waals surface area contributed by atoms with Crippen molar-refractivity contribution in [3.63, 3.8) is 0 Å². The molecule has 224 valence electrons. The number of nitrogens with zero attached hydrogens (tertiary/aromatic N) is 3. The first-order chi connectivity index (χ1) is 20.2. The molecule has 1 aromatic heterocycles. The van der Waals surface area contributed by atoms with Gasteiger partial charge in [0.25, 0.3) is 5.91 Å². The van der Waals surface area contributed by atoms with E-state index in [0.717, 1.165) is 17.9 Å². The van der Waals surface area contributed by atoms with Crippen LogP contribution in [0, 0.1) is 5.92 Å². The van der Waals surface area contributed by atoms with E-state index in [0.29, 0.717) is 18.0 Å². The minimum Gasteiger partial charge on any atom is -0.449 e. The average molecular weight is 605 g/mol. The van der Waals surface area contributed by atoms with Crippen LogP contribution in [0.1, 0.15) is 42.5 Å². The van der Waals surface area contributed by atoms with Crippen LogP contribution >= 0.6 is 0 Å². The van der Waals surface area contributed by atoms with Gasteiger partial charge in [0, 0.05) is 43.3 Å². The average Bonchev–Trinajstić information content (AvgIpc) is 3.50. The van der Waals surface area contributed by atoms with Crippen molar-refractivity contribution in [2.45, 2.75) is 43.4 Å². The smallest absolute Gasteiger partial charge is 0.449 e. The van der Waals surface area contributed by atoms with Gasteiger partial charge in [-0.3, -0.25) is 14.5 Å². The second-order valence-electron chi connectivity index (χ2n) is 10.3. The number of aromatic nitrogens is 1. The molecule has 2 fully saturated rings. The van der Waals surface area contributed by atoms with E-state index in [4.69, 9.17) is 4.74 Å². The second-order valence-corrected chi connectivity index (χ2v) is 11.5. The molecule has 1 aliphatic carbocycles. The summed E-state index contributed by atoms with van der Waals surface area (Å²) in [6.45, 7) is 1.26. The molecule has 1 atom stereocenters. The summed E-state index contributed by atoms with van der Waals surface area (Å²) in [5, 5.41) is 0.718. The molecule has 13 heteroatoms. The maximum Gasteiger partial charge on any atom is 0.573 e. The van der Waals surface area contributed by atoms with Gasteiger partial charge in [-0.15, -0.1) is 13.2 Å². The quantitative estimate of drug-likeness (QED) is 0.352. The minimum absolute atomic E-state index is 0.0370. The van der Waals surface area contributed by atoms with Crippen molar-refractivity contribution in [1.29, 1.82) is 0 Å². The summed E-state index contributed by atoms with van der Waals surface area (Å²) in [7, 11) is -1.99. The number of hydrogen-bond acceptors (Lipinski definition) is 6. The highest BCUT2D eigenvalue weighted by Crippen LogP contribution is 2.33. The SMILES string of the molecule is O=C(OCCC1CCCC1)N1CCN(C(=O)c2ccc(NS(=O)c3cccc4cccnc34)c(OC(F)(F)F)c2)CC1. The highest BCUT2D eigenvalue weighted by Gasteiger charge is 2.33. The third kappa shape index (κ3) is 7.30. The van der Waals surface area contributed by atoms with Crippen molar-refractivity contribution in [2.24, 2.45) is 5.92 Å². The molecular weight excluding hydrogens is 573 g/mol. The molecule has 1 aliphatic heterocycles. The first-order valence-corrected chi connectivity index (χ1v) is 15.0. The van der Waals surface area contributed by atoms with Crippen LogP contribution in [0.15, 0.2) is 59.6 Å². The van der Waals surface area contributed by atoms with Crippen LogP contribution in [-0.2, 0) is 15.7 Å². The first kappa shape index (κ1) is 29.6. The van der Waals surface area contributed by atoms with E-state index < -0.39 is 35.1 Å². The standard InChI is InChI=1S/C29H31F3N4O5S/c30-29(31,32)41-24-19-22(10-11-23(24)34-42(39)25-9-3-7-21-8-4-13-33-26(21)25)27(37)35-14-16-36(17-15-35)28(38)40-18-12-20-5-1-2-6-20/h3-4,7-11,13,19-20,34H,1-2,5-6,12,14-18H2. The summed E-state index contributed by atoms with van der Waals surface area (Å²) in [6, 6.07) is 12.1. The van der Waals surface area contributed by atoms with Crippen molar-refractivity contribution in [3.05, 3.63) is 60.3 Å². The van der Waals surface area contributed by atoms with Gasteiger partial charge in [-0.2, -0.15) is 0 Å². The van der Waals surface area contributed by atoms with E-state index in [1.165, 1.54) is 53.8 Å². The van der Waals surface area contributed by atoms with E-state index >= 15 is 0 Å². The molecule has 1 saturated carbocycles. The normalized spacial score (nSPS) is 16.8. The third-order valence-electron chi connectivity index (χ3n) is 7.50. The molecule has 3 aromatic rings. The molecule has 42 heavy (non-hydrogen) atoms. The molecule has 2 amide bonds. The van der Waals surface area contributed by atoms with Gasteiger partial charge in [-0.05, 0) is 42.7 Å². The summed E-state index contributed by atoms with van der Waals surface area (Å²) in [4.78, 5) is 33.1. The number of anilines is 1. The molecule has 9 nitrogen and oxygen atoms in total. The molecule has 0 radical (unpaired) electrons. The Balaban J connectivity index is 1.23.